The average molecular weight is 334 g/mol. The van der Waals surface area contributed by atoms with Crippen molar-refractivity contribution >= 4 is 5.96 Å². The van der Waals surface area contributed by atoms with Crippen LogP contribution in [0.5, 0.6) is 0 Å². The molecule has 0 atom stereocenters. The summed E-state index contributed by atoms with van der Waals surface area (Å²) in [5.74, 6) is 2.10. The molecule has 2 N–H and O–H groups in total. The second kappa shape index (κ2) is 8.15. The fourth-order valence-corrected chi connectivity index (χ4v) is 2.40. The molecular formula is C20H22N4O. The number of aryl methyl sites for hydroxylation is 1. The van der Waals surface area contributed by atoms with Crippen molar-refractivity contribution in [2.75, 3.05) is 7.05 Å². The zero-order valence-electron chi connectivity index (χ0n) is 14.5. The lowest BCUT2D eigenvalue weighted by molar-refractivity contribution is 0.497. The van der Waals surface area contributed by atoms with E-state index in [0.29, 0.717) is 24.9 Å². The molecule has 2 aromatic carbocycles. The Hall–Kier alpha value is -3.08. The summed E-state index contributed by atoms with van der Waals surface area (Å²) in [7, 11) is 1.74. The quantitative estimate of drug-likeness (QED) is 0.554. The van der Waals surface area contributed by atoms with E-state index in [4.69, 9.17) is 4.42 Å². The molecule has 0 radical (unpaired) electrons. The van der Waals surface area contributed by atoms with Crippen LogP contribution in [0.25, 0.3) is 11.3 Å². The standard InChI is InChI=1S/C20H22N4O/c1-15-8-10-17(11-9-15)18-13-22-19(25-18)14-24-20(21-2)23-12-16-6-4-3-5-7-16/h3-11,13H,12,14H2,1-2H3,(H2,21,23,24). The Morgan fingerprint density at radius 3 is 2.44 bits per heavy atom. The summed E-state index contributed by atoms with van der Waals surface area (Å²) in [6, 6.07) is 18.4. The zero-order valence-corrected chi connectivity index (χ0v) is 14.5. The van der Waals surface area contributed by atoms with E-state index >= 15 is 0 Å². The number of rotatable bonds is 5. The molecule has 0 saturated carbocycles. The maximum absolute atomic E-state index is 5.81. The summed E-state index contributed by atoms with van der Waals surface area (Å²) in [5.41, 5.74) is 3.44. The summed E-state index contributed by atoms with van der Waals surface area (Å²) in [6.45, 7) is 3.24. The Kier molecular flexibility index (Phi) is 5.46. The van der Waals surface area contributed by atoms with E-state index in [9.17, 15) is 0 Å². The lowest BCUT2D eigenvalue weighted by Gasteiger charge is -2.10. The molecule has 5 nitrogen and oxygen atoms in total. The van der Waals surface area contributed by atoms with Crippen molar-refractivity contribution < 1.29 is 4.42 Å². The number of hydrogen-bond acceptors (Lipinski definition) is 3. The van der Waals surface area contributed by atoms with Gasteiger partial charge >= 0.3 is 0 Å². The molecule has 0 aliphatic carbocycles. The van der Waals surface area contributed by atoms with Gasteiger partial charge in [0.25, 0.3) is 0 Å². The summed E-state index contributed by atoms with van der Waals surface area (Å²) >= 11 is 0. The highest BCUT2D eigenvalue weighted by atomic mass is 16.4. The van der Waals surface area contributed by atoms with Crippen LogP contribution in [0.15, 0.2) is 70.2 Å². The average Bonchev–Trinajstić information content (AvgIpc) is 3.12. The number of aliphatic imine (C=N–C) groups is 1. The maximum Gasteiger partial charge on any atom is 0.214 e. The number of benzene rings is 2. The number of guanidine groups is 1. The maximum atomic E-state index is 5.81. The number of nitrogens with zero attached hydrogens (tertiary/aromatic N) is 2. The van der Waals surface area contributed by atoms with E-state index in [0.717, 1.165) is 11.3 Å². The Bertz CT molecular complexity index is 822. The highest BCUT2D eigenvalue weighted by Crippen LogP contribution is 2.20. The van der Waals surface area contributed by atoms with Crippen LogP contribution in [-0.4, -0.2) is 18.0 Å². The van der Waals surface area contributed by atoms with Crippen molar-refractivity contribution in [3.63, 3.8) is 0 Å². The van der Waals surface area contributed by atoms with Crippen LogP contribution in [0, 0.1) is 6.92 Å². The molecule has 0 amide bonds. The largest absolute Gasteiger partial charge is 0.439 e. The van der Waals surface area contributed by atoms with Crippen LogP contribution in [0.2, 0.25) is 0 Å². The molecule has 0 saturated heterocycles. The smallest absolute Gasteiger partial charge is 0.214 e. The number of aromatic nitrogens is 1. The monoisotopic (exact) mass is 334 g/mol. The van der Waals surface area contributed by atoms with Crippen molar-refractivity contribution in [1.29, 1.82) is 0 Å². The third kappa shape index (κ3) is 4.70. The number of nitrogens with one attached hydrogen (secondary N) is 2. The molecule has 25 heavy (non-hydrogen) atoms. The van der Waals surface area contributed by atoms with Crippen molar-refractivity contribution in [3.8, 4) is 11.3 Å². The van der Waals surface area contributed by atoms with Crippen LogP contribution >= 0.6 is 0 Å². The van der Waals surface area contributed by atoms with Gasteiger partial charge in [-0.2, -0.15) is 0 Å². The summed E-state index contributed by atoms with van der Waals surface area (Å²) in [6.07, 6.45) is 1.75. The molecule has 0 spiro atoms. The first-order valence-corrected chi connectivity index (χ1v) is 8.25. The van der Waals surface area contributed by atoms with Gasteiger partial charge in [0.2, 0.25) is 5.89 Å². The van der Waals surface area contributed by atoms with Gasteiger partial charge in [-0.25, -0.2) is 4.98 Å². The lowest BCUT2D eigenvalue weighted by atomic mass is 10.1. The van der Waals surface area contributed by atoms with E-state index in [-0.39, 0.29) is 0 Å². The minimum absolute atomic E-state index is 0.473. The van der Waals surface area contributed by atoms with Gasteiger partial charge in [0.15, 0.2) is 11.7 Å². The predicted molar refractivity (Wildman–Crippen MR) is 100 cm³/mol. The van der Waals surface area contributed by atoms with Crippen molar-refractivity contribution in [2.45, 2.75) is 20.0 Å². The Balaban J connectivity index is 1.54. The topological polar surface area (TPSA) is 62.5 Å². The van der Waals surface area contributed by atoms with Crippen LogP contribution in [-0.2, 0) is 13.1 Å². The van der Waals surface area contributed by atoms with Gasteiger partial charge in [0.05, 0.1) is 12.7 Å². The molecule has 5 heteroatoms. The molecule has 0 aliphatic rings. The van der Waals surface area contributed by atoms with Gasteiger partial charge < -0.3 is 15.1 Å². The SMILES string of the molecule is CN=C(NCc1ccccc1)NCc1ncc(-c2ccc(C)cc2)o1. The van der Waals surface area contributed by atoms with Gasteiger partial charge in [-0.1, -0.05) is 60.2 Å². The fraction of sp³-hybridized carbons (Fsp3) is 0.200. The predicted octanol–water partition coefficient (Wildman–Crippen LogP) is 3.52. The second-order valence-corrected chi connectivity index (χ2v) is 5.75. The van der Waals surface area contributed by atoms with Gasteiger partial charge in [-0.3, -0.25) is 4.99 Å². The van der Waals surface area contributed by atoms with Crippen molar-refractivity contribution in [1.82, 2.24) is 15.6 Å². The molecule has 3 rings (SSSR count). The minimum atomic E-state index is 0.473. The minimum Gasteiger partial charge on any atom is -0.439 e. The molecule has 1 aromatic heterocycles. The second-order valence-electron chi connectivity index (χ2n) is 5.75. The normalized spacial score (nSPS) is 11.4. The van der Waals surface area contributed by atoms with E-state index in [1.165, 1.54) is 11.1 Å². The van der Waals surface area contributed by atoms with Crippen LogP contribution in [0.4, 0.5) is 0 Å². The molecule has 0 unspecified atom stereocenters. The Labute approximate surface area is 147 Å². The molecule has 3 aromatic rings. The Morgan fingerprint density at radius 1 is 1.00 bits per heavy atom. The first-order chi connectivity index (χ1) is 12.2. The van der Waals surface area contributed by atoms with Crippen LogP contribution < -0.4 is 10.6 Å². The fourth-order valence-electron chi connectivity index (χ4n) is 2.40. The zero-order chi connectivity index (χ0) is 17.5. The van der Waals surface area contributed by atoms with Gasteiger partial charge in [0, 0.05) is 19.2 Å². The number of hydrogen-bond donors (Lipinski definition) is 2. The highest BCUT2D eigenvalue weighted by molar-refractivity contribution is 5.79. The third-order valence-corrected chi connectivity index (χ3v) is 3.82. The lowest BCUT2D eigenvalue weighted by Crippen LogP contribution is -2.36. The van der Waals surface area contributed by atoms with E-state index < -0.39 is 0 Å². The van der Waals surface area contributed by atoms with Crippen LogP contribution in [0.3, 0.4) is 0 Å². The highest BCUT2D eigenvalue weighted by Gasteiger charge is 2.07. The van der Waals surface area contributed by atoms with Gasteiger partial charge in [-0.05, 0) is 12.5 Å². The Morgan fingerprint density at radius 2 is 1.72 bits per heavy atom. The third-order valence-electron chi connectivity index (χ3n) is 3.82. The first kappa shape index (κ1) is 16.8. The van der Waals surface area contributed by atoms with Gasteiger partial charge in [-0.15, -0.1) is 0 Å². The molecule has 1 heterocycles. The van der Waals surface area contributed by atoms with Gasteiger partial charge in [0.1, 0.15) is 0 Å². The van der Waals surface area contributed by atoms with E-state index in [1.54, 1.807) is 13.2 Å². The molecular weight excluding hydrogens is 312 g/mol. The first-order valence-electron chi connectivity index (χ1n) is 8.25. The molecule has 0 bridgehead atoms. The summed E-state index contributed by atoms with van der Waals surface area (Å²) in [4.78, 5) is 8.55. The summed E-state index contributed by atoms with van der Waals surface area (Å²) < 4.78 is 5.81. The van der Waals surface area contributed by atoms with Crippen molar-refractivity contribution in [3.05, 3.63) is 77.8 Å². The van der Waals surface area contributed by atoms with E-state index in [2.05, 4.69) is 51.8 Å². The molecule has 128 valence electrons. The number of oxazole rings is 1. The van der Waals surface area contributed by atoms with Crippen LogP contribution in [0.1, 0.15) is 17.0 Å². The van der Waals surface area contributed by atoms with Crippen molar-refractivity contribution in [2.24, 2.45) is 4.99 Å². The molecule has 0 fully saturated rings. The van der Waals surface area contributed by atoms with E-state index in [1.807, 2.05) is 30.3 Å². The summed E-state index contributed by atoms with van der Waals surface area (Å²) in [5, 5.41) is 6.48. The molecule has 0 aliphatic heterocycles.